The lowest BCUT2D eigenvalue weighted by Crippen LogP contribution is -2.20. The SMILES string of the molecule is Cc1nc2c(s1)CCCN(C=N)C2. The van der Waals surface area contributed by atoms with Gasteiger partial charge in [0.1, 0.15) is 0 Å². The van der Waals surface area contributed by atoms with Crippen LogP contribution in [-0.2, 0) is 13.0 Å². The summed E-state index contributed by atoms with van der Waals surface area (Å²) in [6.45, 7) is 3.86. The summed E-state index contributed by atoms with van der Waals surface area (Å²) in [6, 6.07) is 0. The average Bonchev–Trinajstić information content (AvgIpc) is 2.33. The number of rotatable bonds is 1. The quantitative estimate of drug-likeness (QED) is 0.548. The maximum atomic E-state index is 7.22. The highest BCUT2D eigenvalue weighted by Gasteiger charge is 2.15. The number of aromatic nitrogens is 1. The first-order chi connectivity index (χ1) is 6.29. The van der Waals surface area contributed by atoms with Crippen molar-refractivity contribution in [2.24, 2.45) is 0 Å². The van der Waals surface area contributed by atoms with Gasteiger partial charge in [-0.1, -0.05) is 0 Å². The van der Waals surface area contributed by atoms with Crippen molar-refractivity contribution >= 4 is 17.7 Å². The standard InChI is InChI=1S/C9H13N3S/c1-7-11-8-5-12(6-10)4-2-3-9(8)13-7/h6,10H,2-5H2,1H3. The van der Waals surface area contributed by atoms with E-state index in [-0.39, 0.29) is 0 Å². The maximum absolute atomic E-state index is 7.22. The second kappa shape index (κ2) is 3.46. The number of nitrogens with one attached hydrogen (secondary N) is 1. The fourth-order valence-corrected chi connectivity index (χ4v) is 2.64. The van der Waals surface area contributed by atoms with Gasteiger partial charge in [0.05, 0.1) is 23.6 Å². The summed E-state index contributed by atoms with van der Waals surface area (Å²) < 4.78 is 0. The molecule has 3 nitrogen and oxygen atoms in total. The molecule has 13 heavy (non-hydrogen) atoms. The van der Waals surface area contributed by atoms with Gasteiger partial charge in [0.15, 0.2) is 0 Å². The van der Waals surface area contributed by atoms with E-state index in [0.29, 0.717) is 0 Å². The zero-order chi connectivity index (χ0) is 9.26. The van der Waals surface area contributed by atoms with Crippen LogP contribution in [0.25, 0.3) is 0 Å². The predicted octanol–water partition coefficient (Wildman–Crippen LogP) is 1.81. The molecule has 0 saturated heterocycles. The Morgan fingerprint density at radius 3 is 3.23 bits per heavy atom. The van der Waals surface area contributed by atoms with Crippen LogP contribution in [0.4, 0.5) is 0 Å². The van der Waals surface area contributed by atoms with E-state index in [1.165, 1.54) is 16.9 Å². The van der Waals surface area contributed by atoms with Crippen molar-refractivity contribution in [1.29, 1.82) is 5.41 Å². The molecule has 0 atom stereocenters. The number of hydrogen-bond acceptors (Lipinski definition) is 3. The third-order valence-electron chi connectivity index (χ3n) is 2.27. The van der Waals surface area contributed by atoms with Gasteiger partial charge in [0.25, 0.3) is 0 Å². The normalized spacial score (nSPS) is 16.5. The molecule has 0 radical (unpaired) electrons. The van der Waals surface area contributed by atoms with Gasteiger partial charge in [-0.25, -0.2) is 4.98 Å². The molecular weight excluding hydrogens is 182 g/mol. The fraction of sp³-hybridized carbons (Fsp3) is 0.556. The molecule has 1 aliphatic heterocycles. The molecule has 0 aliphatic carbocycles. The van der Waals surface area contributed by atoms with Crippen LogP contribution in [-0.4, -0.2) is 22.8 Å². The van der Waals surface area contributed by atoms with Gasteiger partial charge in [-0.05, 0) is 19.8 Å². The lowest BCUT2D eigenvalue weighted by Gasteiger charge is -2.14. The molecule has 1 N–H and O–H groups in total. The first-order valence-corrected chi connectivity index (χ1v) is 5.31. The van der Waals surface area contributed by atoms with E-state index in [1.807, 2.05) is 11.8 Å². The molecule has 0 fully saturated rings. The third kappa shape index (κ3) is 1.72. The van der Waals surface area contributed by atoms with Gasteiger partial charge >= 0.3 is 0 Å². The van der Waals surface area contributed by atoms with Crippen LogP contribution in [0.2, 0.25) is 0 Å². The lowest BCUT2D eigenvalue weighted by molar-refractivity contribution is 0.423. The molecule has 1 aromatic heterocycles. The fourth-order valence-electron chi connectivity index (χ4n) is 1.66. The zero-order valence-corrected chi connectivity index (χ0v) is 8.52. The highest BCUT2D eigenvalue weighted by molar-refractivity contribution is 7.11. The summed E-state index contributed by atoms with van der Waals surface area (Å²) in [4.78, 5) is 7.92. The van der Waals surface area contributed by atoms with Gasteiger partial charge in [0.2, 0.25) is 0 Å². The Labute approximate surface area is 81.9 Å². The second-order valence-electron chi connectivity index (χ2n) is 3.31. The van der Waals surface area contributed by atoms with E-state index in [1.54, 1.807) is 11.3 Å². The smallest absolute Gasteiger partial charge is 0.0900 e. The molecular formula is C9H13N3S. The molecule has 0 spiro atoms. The summed E-state index contributed by atoms with van der Waals surface area (Å²) in [5.74, 6) is 0. The molecule has 0 bridgehead atoms. The molecule has 0 saturated carbocycles. The molecule has 2 rings (SSSR count). The van der Waals surface area contributed by atoms with E-state index in [4.69, 9.17) is 5.41 Å². The summed E-state index contributed by atoms with van der Waals surface area (Å²) in [7, 11) is 0. The topological polar surface area (TPSA) is 40.0 Å². The Bertz CT molecular complexity index is 319. The van der Waals surface area contributed by atoms with Gasteiger partial charge in [0, 0.05) is 11.4 Å². The van der Waals surface area contributed by atoms with Crippen LogP contribution in [0, 0.1) is 12.3 Å². The number of thiazole rings is 1. The highest BCUT2D eigenvalue weighted by atomic mass is 32.1. The van der Waals surface area contributed by atoms with Crippen LogP contribution in [0.5, 0.6) is 0 Å². The number of aryl methyl sites for hydroxylation is 2. The number of nitrogens with zero attached hydrogens (tertiary/aromatic N) is 2. The zero-order valence-electron chi connectivity index (χ0n) is 7.71. The molecule has 0 aromatic carbocycles. The summed E-state index contributed by atoms with van der Waals surface area (Å²) in [5.41, 5.74) is 1.18. The monoisotopic (exact) mass is 195 g/mol. The Morgan fingerprint density at radius 1 is 1.62 bits per heavy atom. The van der Waals surface area contributed by atoms with Crippen LogP contribution in [0.1, 0.15) is 22.0 Å². The summed E-state index contributed by atoms with van der Waals surface area (Å²) in [6.07, 6.45) is 3.69. The number of fused-ring (bicyclic) bond motifs is 1. The number of hydrogen-bond donors (Lipinski definition) is 1. The van der Waals surface area contributed by atoms with Gasteiger partial charge < -0.3 is 4.90 Å². The van der Waals surface area contributed by atoms with Gasteiger partial charge in [-0.3, -0.25) is 5.41 Å². The van der Waals surface area contributed by atoms with Crippen molar-refractivity contribution in [1.82, 2.24) is 9.88 Å². The second-order valence-corrected chi connectivity index (χ2v) is 4.59. The van der Waals surface area contributed by atoms with E-state index in [2.05, 4.69) is 4.98 Å². The van der Waals surface area contributed by atoms with Crippen LogP contribution in [0.15, 0.2) is 0 Å². The molecule has 1 aliphatic rings. The van der Waals surface area contributed by atoms with Crippen LogP contribution >= 0.6 is 11.3 Å². The lowest BCUT2D eigenvalue weighted by atomic mass is 10.2. The van der Waals surface area contributed by atoms with Crippen molar-refractivity contribution in [3.8, 4) is 0 Å². The van der Waals surface area contributed by atoms with Crippen molar-refractivity contribution in [2.45, 2.75) is 26.3 Å². The Balaban J connectivity index is 2.27. The largest absolute Gasteiger partial charge is 0.357 e. The highest BCUT2D eigenvalue weighted by Crippen LogP contribution is 2.23. The van der Waals surface area contributed by atoms with E-state index < -0.39 is 0 Å². The summed E-state index contributed by atoms with van der Waals surface area (Å²) >= 11 is 1.80. The molecule has 1 aromatic rings. The average molecular weight is 195 g/mol. The van der Waals surface area contributed by atoms with Crippen molar-refractivity contribution in [3.63, 3.8) is 0 Å². The minimum absolute atomic E-state index is 0.823. The van der Waals surface area contributed by atoms with Gasteiger partial charge in [-0.15, -0.1) is 11.3 Å². The Kier molecular flexibility index (Phi) is 2.31. The first-order valence-electron chi connectivity index (χ1n) is 4.49. The van der Waals surface area contributed by atoms with E-state index >= 15 is 0 Å². The van der Waals surface area contributed by atoms with E-state index in [0.717, 1.165) is 30.9 Å². The summed E-state index contributed by atoms with van der Waals surface area (Å²) in [5, 5.41) is 8.37. The third-order valence-corrected chi connectivity index (χ3v) is 3.34. The maximum Gasteiger partial charge on any atom is 0.0900 e. The Morgan fingerprint density at radius 2 is 2.46 bits per heavy atom. The van der Waals surface area contributed by atoms with E-state index in [9.17, 15) is 0 Å². The van der Waals surface area contributed by atoms with Crippen molar-refractivity contribution in [2.75, 3.05) is 6.54 Å². The first kappa shape index (κ1) is 8.69. The van der Waals surface area contributed by atoms with Crippen molar-refractivity contribution in [3.05, 3.63) is 15.6 Å². The minimum atomic E-state index is 0.823. The molecule has 4 heteroatoms. The van der Waals surface area contributed by atoms with Crippen molar-refractivity contribution < 1.29 is 0 Å². The van der Waals surface area contributed by atoms with Crippen LogP contribution in [0.3, 0.4) is 0 Å². The van der Waals surface area contributed by atoms with Crippen LogP contribution < -0.4 is 0 Å². The predicted molar refractivity (Wildman–Crippen MR) is 54.4 cm³/mol. The molecule has 70 valence electrons. The molecule has 0 amide bonds. The van der Waals surface area contributed by atoms with Gasteiger partial charge in [-0.2, -0.15) is 0 Å². The Hall–Kier alpha value is -0.900. The molecule has 0 unspecified atom stereocenters. The minimum Gasteiger partial charge on any atom is -0.357 e. The molecule has 2 heterocycles.